The number of aliphatic hydroxyl groups excluding tert-OH is 7. The van der Waals surface area contributed by atoms with E-state index < -0.39 is 74.6 Å². The highest BCUT2D eigenvalue weighted by atomic mass is 16.7. The first kappa shape index (κ1) is 42.7. The third-order valence-electron chi connectivity index (χ3n) is 9.89. The fourth-order valence-corrected chi connectivity index (χ4v) is 6.72. The fourth-order valence-electron chi connectivity index (χ4n) is 6.72. The molecule has 2 fully saturated rings. The molecule has 280 valence electrons. The zero-order valence-electron chi connectivity index (χ0n) is 29.4. The molecule has 0 aromatic heterocycles. The Morgan fingerprint density at radius 1 is 0.489 bits per heavy atom. The van der Waals surface area contributed by atoms with E-state index in [0.29, 0.717) is 6.61 Å². The van der Waals surface area contributed by atoms with E-state index in [1.54, 1.807) is 0 Å². The molecule has 47 heavy (non-hydrogen) atoms. The molecular weight excluding hydrogens is 608 g/mol. The first-order valence-corrected chi connectivity index (χ1v) is 19.0. The third kappa shape index (κ3) is 15.6. The molecule has 2 saturated heterocycles. The van der Waals surface area contributed by atoms with Gasteiger partial charge in [0.25, 0.3) is 0 Å². The minimum absolute atomic E-state index is 0.285. The van der Waals surface area contributed by atoms with Crippen LogP contribution in [0.3, 0.4) is 0 Å². The first-order chi connectivity index (χ1) is 22.8. The van der Waals surface area contributed by atoms with Gasteiger partial charge in [0.15, 0.2) is 12.6 Å². The zero-order chi connectivity index (χ0) is 34.4. The molecule has 0 aromatic carbocycles. The van der Waals surface area contributed by atoms with Crippen LogP contribution in [0.2, 0.25) is 0 Å². The van der Waals surface area contributed by atoms with E-state index in [1.165, 1.54) is 103 Å². The molecule has 0 saturated carbocycles. The maximum Gasteiger partial charge on any atom is 0.187 e. The number of rotatable bonds is 27. The Labute approximate surface area is 284 Å². The van der Waals surface area contributed by atoms with Crippen molar-refractivity contribution < 1.29 is 54.7 Å². The van der Waals surface area contributed by atoms with Crippen LogP contribution < -0.4 is 0 Å². The zero-order valence-corrected chi connectivity index (χ0v) is 29.4. The Bertz CT molecular complexity index is 742. The van der Waals surface area contributed by atoms with Gasteiger partial charge in [0.1, 0.15) is 48.8 Å². The molecule has 1 unspecified atom stereocenters. The predicted molar refractivity (Wildman–Crippen MR) is 180 cm³/mol. The first-order valence-electron chi connectivity index (χ1n) is 19.0. The Kier molecular flexibility index (Phi) is 23.2. The average Bonchev–Trinajstić information content (AvgIpc) is 3.07. The smallest absolute Gasteiger partial charge is 0.187 e. The van der Waals surface area contributed by atoms with Gasteiger partial charge in [-0.2, -0.15) is 0 Å². The summed E-state index contributed by atoms with van der Waals surface area (Å²) in [6, 6.07) is 0. The van der Waals surface area contributed by atoms with Gasteiger partial charge in [-0.15, -0.1) is 0 Å². The quantitative estimate of drug-likeness (QED) is 0.0623. The van der Waals surface area contributed by atoms with Gasteiger partial charge in [-0.1, -0.05) is 129 Å². The van der Waals surface area contributed by atoms with Crippen molar-refractivity contribution in [3.05, 3.63) is 0 Å². The number of hydrogen-bond donors (Lipinski definition) is 7. The molecule has 7 N–H and O–H groups in total. The Morgan fingerprint density at radius 2 is 0.915 bits per heavy atom. The summed E-state index contributed by atoms with van der Waals surface area (Å²) >= 11 is 0. The van der Waals surface area contributed by atoms with Crippen LogP contribution in [0.15, 0.2) is 0 Å². The van der Waals surface area contributed by atoms with Gasteiger partial charge in [0, 0.05) is 0 Å². The molecule has 11 heteroatoms. The highest BCUT2D eigenvalue weighted by Crippen LogP contribution is 2.30. The highest BCUT2D eigenvalue weighted by molar-refractivity contribution is 4.94. The Hall–Kier alpha value is -0.440. The summed E-state index contributed by atoms with van der Waals surface area (Å²) < 4.78 is 23.0. The van der Waals surface area contributed by atoms with Crippen molar-refractivity contribution in [2.75, 3.05) is 19.8 Å². The predicted octanol–water partition coefficient (Wildman–Crippen LogP) is 4.09. The van der Waals surface area contributed by atoms with Crippen LogP contribution >= 0.6 is 0 Å². The van der Waals surface area contributed by atoms with Crippen LogP contribution in [-0.2, 0) is 18.9 Å². The van der Waals surface area contributed by atoms with Gasteiger partial charge in [-0.05, 0) is 18.8 Å². The van der Waals surface area contributed by atoms with E-state index in [0.717, 1.165) is 25.7 Å². The van der Waals surface area contributed by atoms with Crippen molar-refractivity contribution in [3.8, 4) is 0 Å². The molecule has 0 amide bonds. The molecule has 2 aliphatic rings. The molecule has 2 rings (SSSR count). The lowest BCUT2D eigenvalue weighted by atomic mass is 9.94. The molecule has 0 radical (unpaired) electrons. The van der Waals surface area contributed by atoms with Crippen molar-refractivity contribution in [3.63, 3.8) is 0 Å². The topological polar surface area (TPSA) is 179 Å². The van der Waals surface area contributed by atoms with Crippen LogP contribution in [0, 0.1) is 5.92 Å². The molecule has 0 spiro atoms. The monoisotopic (exact) mass is 678 g/mol. The van der Waals surface area contributed by atoms with Gasteiger partial charge in [-0.3, -0.25) is 0 Å². The molecule has 11 atom stereocenters. The molecule has 0 aromatic rings. The van der Waals surface area contributed by atoms with Crippen LogP contribution in [0.5, 0.6) is 0 Å². The normalized spacial score (nSPS) is 32.1. The summed E-state index contributed by atoms with van der Waals surface area (Å²) in [5, 5.41) is 71.9. The van der Waals surface area contributed by atoms with Gasteiger partial charge in [0.05, 0.1) is 19.8 Å². The third-order valence-corrected chi connectivity index (χ3v) is 9.89. The number of ether oxygens (including phenoxy) is 4. The minimum atomic E-state index is -1.70. The number of aliphatic hydroxyl groups is 7. The van der Waals surface area contributed by atoms with Crippen LogP contribution in [-0.4, -0.2) is 117 Å². The standard InChI is InChI=1S/C36H70O11/c1-3-5-7-9-11-13-14-16-18-20-22-26(21-19-17-15-12-10-8-6-4-2)25-44-35-33(43)31(41)34(28(24-38)46-35)47-36-32(42)30(40)29(39)27(23-37)45-36/h26-43H,3-25H2,1-2H3/t26?,27-,28-,29+,30+,31-,32-,33-,34-,35-,36+/m1/s1. The van der Waals surface area contributed by atoms with Gasteiger partial charge >= 0.3 is 0 Å². The molecular formula is C36H70O11. The number of unbranched alkanes of at least 4 members (excludes halogenated alkanes) is 16. The van der Waals surface area contributed by atoms with E-state index in [-0.39, 0.29) is 5.92 Å². The average molecular weight is 679 g/mol. The maximum atomic E-state index is 11.0. The summed E-state index contributed by atoms with van der Waals surface area (Å²) in [6.07, 6.45) is 10.3. The largest absolute Gasteiger partial charge is 0.394 e. The van der Waals surface area contributed by atoms with E-state index >= 15 is 0 Å². The van der Waals surface area contributed by atoms with Crippen molar-refractivity contribution in [2.24, 2.45) is 5.92 Å². The molecule has 2 aliphatic heterocycles. The van der Waals surface area contributed by atoms with Crippen LogP contribution in [0.25, 0.3) is 0 Å². The second-order valence-corrected chi connectivity index (χ2v) is 13.9. The van der Waals surface area contributed by atoms with Crippen molar-refractivity contribution in [2.45, 2.75) is 204 Å². The lowest BCUT2D eigenvalue weighted by Gasteiger charge is -2.46. The summed E-state index contributed by atoms with van der Waals surface area (Å²) in [5.74, 6) is 0.285. The molecule has 11 nitrogen and oxygen atoms in total. The molecule has 0 aliphatic carbocycles. The highest BCUT2D eigenvalue weighted by Gasteiger charge is 2.50. The lowest BCUT2D eigenvalue weighted by molar-refractivity contribution is -0.360. The van der Waals surface area contributed by atoms with Crippen LogP contribution in [0.1, 0.15) is 142 Å². The summed E-state index contributed by atoms with van der Waals surface area (Å²) in [4.78, 5) is 0. The fraction of sp³-hybridized carbons (Fsp3) is 1.00. The van der Waals surface area contributed by atoms with E-state index in [1.807, 2.05) is 0 Å². The van der Waals surface area contributed by atoms with Crippen LogP contribution in [0.4, 0.5) is 0 Å². The van der Waals surface area contributed by atoms with Crippen molar-refractivity contribution in [1.82, 2.24) is 0 Å². The van der Waals surface area contributed by atoms with Gasteiger partial charge < -0.3 is 54.7 Å². The maximum absolute atomic E-state index is 11.0. The molecule has 0 bridgehead atoms. The second-order valence-electron chi connectivity index (χ2n) is 13.9. The van der Waals surface area contributed by atoms with E-state index in [9.17, 15) is 35.7 Å². The van der Waals surface area contributed by atoms with Crippen molar-refractivity contribution in [1.29, 1.82) is 0 Å². The summed E-state index contributed by atoms with van der Waals surface area (Å²) in [6.45, 7) is 3.61. The van der Waals surface area contributed by atoms with Gasteiger partial charge in [0.2, 0.25) is 0 Å². The Balaban J connectivity index is 1.87. The van der Waals surface area contributed by atoms with E-state index in [4.69, 9.17) is 18.9 Å². The minimum Gasteiger partial charge on any atom is -0.394 e. The van der Waals surface area contributed by atoms with Gasteiger partial charge in [-0.25, -0.2) is 0 Å². The number of hydrogen-bond acceptors (Lipinski definition) is 11. The SMILES string of the molecule is CCCCCCCCCCCCC(CCCCCCCCCC)CO[C@@H]1O[C@H](CO)[C@@H](O[C@@H]2O[C@H](CO)[C@H](O)[C@H](O)[C@H]2O)[C@H](O)[C@H]1O. The second kappa shape index (κ2) is 25.5. The van der Waals surface area contributed by atoms with E-state index in [2.05, 4.69) is 13.8 Å². The molecule has 2 heterocycles. The Morgan fingerprint density at radius 3 is 1.38 bits per heavy atom. The van der Waals surface area contributed by atoms with Crippen molar-refractivity contribution >= 4 is 0 Å². The summed E-state index contributed by atoms with van der Waals surface area (Å²) in [7, 11) is 0. The lowest BCUT2D eigenvalue weighted by Crippen LogP contribution is -2.64. The summed E-state index contributed by atoms with van der Waals surface area (Å²) in [5.41, 5.74) is 0.